The molecular weight excluding hydrogens is 288 g/mol. The predicted molar refractivity (Wildman–Crippen MR) is 86.7 cm³/mol. The topological polar surface area (TPSA) is 50.4 Å². The second-order valence-electron chi connectivity index (χ2n) is 5.05. The van der Waals surface area contributed by atoms with Crippen molar-refractivity contribution in [3.05, 3.63) is 41.4 Å². The van der Waals surface area contributed by atoms with Crippen LogP contribution in [-0.4, -0.2) is 24.6 Å². The lowest BCUT2D eigenvalue weighted by atomic mass is 10.2. The van der Waals surface area contributed by atoms with Crippen molar-refractivity contribution in [2.45, 2.75) is 39.5 Å². The van der Waals surface area contributed by atoms with E-state index in [1.807, 2.05) is 18.2 Å². The second kappa shape index (κ2) is 8.70. The molecule has 0 saturated heterocycles. The number of carbonyl (C=O) groups excluding carboxylic acids is 1. The lowest BCUT2D eigenvalue weighted by Crippen LogP contribution is -2.36. The van der Waals surface area contributed by atoms with E-state index in [1.54, 1.807) is 13.0 Å². The number of benzene rings is 1. The first-order chi connectivity index (χ1) is 9.95. The molecule has 5 heteroatoms. The smallest absolute Gasteiger partial charge is 0.261 e. The number of rotatable bonds is 8. The van der Waals surface area contributed by atoms with E-state index < -0.39 is 6.10 Å². The zero-order chi connectivity index (χ0) is 15.8. The maximum absolute atomic E-state index is 11.8. The Morgan fingerprint density at radius 1 is 1.43 bits per heavy atom. The van der Waals surface area contributed by atoms with Crippen molar-refractivity contribution >= 4 is 17.5 Å². The van der Waals surface area contributed by atoms with Crippen LogP contribution in [0.1, 0.15) is 26.3 Å². The van der Waals surface area contributed by atoms with E-state index in [4.69, 9.17) is 16.3 Å². The molecule has 1 aromatic carbocycles. The number of halogens is 1. The zero-order valence-corrected chi connectivity index (χ0v) is 13.5. The van der Waals surface area contributed by atoms with Gasteiger partial charge in [0, 0.05) is 29.7 Å². The first-order valence-electron chi connectivity index (χ1n) is 7.01. The Hall–Kier alpha value is -1.52. The fourth-order valence-corrected chi connectivity index (χ4v) is 1.92. The van der Waals surface area contributed by atoms with Crippen molar-refractivity contribution in [2.24, 2.45) is 0 Å². The van der Waals surface area contributed by atoms with E-state index in [9.17, 15) is 4.79 Å². The summed E-state index contributed by atoms with van der Waals surface area (Å²) in [5.41, 5.74) is 0.858. The molecule has 0 heterocycles. The van der Waals surface area contributed by atoms with Crippen molar-refractivity contribution < 1.29 is 9.53 Å². The fraction of sp³-hybridized carbons (Fsp3) is 0.438. The van der Waals surface area contributed by atoms with Gasteiger partial charge in [-0.25, -0.2) is 0 Å². The van der Waals surface area contributed by atoms with Gasteiger partial charge in [-0.15, -0.1) is 6.58 Å². The Kier molecular flexibility index (Phi) is 7.26. The average molecular weight is 311 g/mol. The molecule has 0 spiro atoms. The highest BCUT2D eigenvalue weighted by atomic mass is 35.5. The van der Waals surface area contributed by atoms with Gasteiger partial charge in [0.15, 0.2) is 6.10 Å². The van der Waals surface area contributed by atoms with Gasteiger partial charge >= 0.3 is 0 Å². The minimum atomic E-state index is -0.596. The molecule has 1 unspecified atom stereocenters. The molecule has 1 rings (SSSR count). The number of hydrogen-bond acceptors (Lipinski definition) is 3. The van der Waals surface area contributed by atoms with E-state index in [1.165, 1.54) is 0 Å². The number of amides is 1. The molecule has 0 aliphatic carbocycles. The van der Waals surface area contributed by atoms with Crippen LogP contribution in [0, 0.1) is 0 Å². The molecule has 21 heavy (non-hydrogen) atoms. The Morgan fingerprint density at radius 2 is 2.14 bits per heavy atom. The van der Waals surface area contributed by atoms with Crippen LogP contribution in [0.4, 0.5) is 0 Å². The van der Waals surface area contributed by atoms with Gasteiger partial charge in [0.2, 0.25) is 0 Å². The standard InChI is InChI=1S/C16H23ClN2O2/c1-5-9-18-16(20)12(4)21-15-8-6-7-14(17)13(15)10-19-11(2)3/h5-8,11-12,19H,1,9-10H2,2-4H3,(H,18,20). The van der Waals surface area contributed by atoms with Crippen molar-refractivity contribution in [2.75, 3.05) is 6.54 Å². The van der Waals surface area contributed by atoms with Crippen LogP contribution < -0.4 is 15.4 Å². The number of carbonyl (C=O) groups is 1. The molecule has 0 aromatic heterocycles. The third-order valence-electron chi connectivity index (χ3n) is 2.86. The molecule has 0 aliphatic heterocycles. The van der Waals surface area contributed by atoms with Crippen LogP contribution in [0.15, 0.2) is 30.9 Å². The normalized spacial score (nSPS) is 12.0. The van der Waals surface area contributed by atoms with Crippen molar-refractivity contribution in [3.63, 3.8) is 0 Å². The molecule has 1 atom stereocenters. The Bertz CT molecular complexity index is 489. The van der Waals surface area contributed by atoms with Gasteiger partial charge in [-0.2, -0.15) is 0 Å². The van der Waals surface area contributed by atoms with Crippen LogP contribution in [0.25, 0.3) is 0 Å². The van der Waals surface area contributed by atoms with Gasteiger partial charge in [-0.3, -0.25) is 4.79 Å². The van der Waals surface area contributed by atoms with E-state index in [-0.39, 0.29) is 5.91 Å². The van der Waals surface area contributed by atoms with Gasteiger partial charge in [-0.05, 0) is 19.1 Å². The molecule has 0 saturated carbocycles. The van der Waals surface area contributed by atoms with E-state index in [0.29, 0.717) is 29.9 Å². The lowest BCUT2D eigenvalue weighted by molar-refractivity contribution is -0.127. The van der Waals surface area contributed by atoms with Crippen LogP contribution in [0.3, 0.4) is 0 Å². The number of hydrogen-bond donors (Lipinski definition) is 2. The van der Waals surface area contributed by atoms with Gasteiger partial charge in [-0.1, -0.05) is 37.6 Å². The summed E-state index contributed by atoms with van der Waals surface area (Å²) in [5, 5.41) is 6.63. The molecule has 1 aromatic rings. The molecule has 1 amide bonds. The predicted octanol–water partition coefficient (Wildman–Crippen LogP) is 2.91. The van der Waals surface area contributed by atoms with Crippen molar-refractivity contribution in [3.8, 4) is 5.75 Å². The Labute approximate surface area is 131 Å². The Balaban J connectivity index is 2.79. The van der Waals surface area contributed by atoms with Gasteiger partial charge in [0.05, 0.1) is 0 Å². The maximum Gasteiger partial charge on any atom is 0.261 e. The number of ether oxygens (including phenoxy) is 1. The monoisotopic (exact) mass is 310 g/mol. The maximum atomic E-state index is 11.8. The van der Waals surface area contributed by atoms with Gasteiger partial charge in [0.25, 0.3) is 5.91 Å². The second-order valence-corrected chi connectivity index (χ2v) is 5.45. The minimum absolute atomic E-state index is 0.183. The quantitative estimate of drug-likeness (QED) is 0.726. The van der Waals surface area contributed by atoms with Gasteiger partial charge < -0.3 is 15.4 Å². The molecular formula is C16H23ClN2O2. The minimum Gasteiger partial charge on any atom is -0.481 e. The summed E-state index contributed by atoms with van der Waals surface area (Å²) in [6, 6.07) is 5.78. The summed E-state index contributed by atoms with van der Waals surface area (Å²) in [6.07, 6.45) is 1.03. The third-order valence-corrected chi connectivity index (χ3v) is 3.21. The highest BCUT2D eigenvalue weighted by Crippen LogP contribution is 2.27. The van der Waals surface area contributed by atoms with Crippen molar-refractivity contribution in [1.29, 1.82) is 0 Å². The van der Waals surface area contributed by atoms with Crippen molar-refractivity contribution in [1.82, 2.24) is 10.6 Å². The van der Waals surface area contributed by atoms with Crippen LogP contribution in [-0.2, 0) is 11.3 Å². The highest BCUT2D eigenvalue weighted by molar-refractivity contribution is 6.31. The van der Waals surface area contributed by atoms with E-state index >= 15 is 0 Å². The average Bonchev–Trinajstić information content (AvgIpc) is 2.43. The summed E-state index contributed by atoms with van der Waals surface area (Å²) in [5.74, 6) is 0.439. The lowest BCUT2D eigenvalue weighted by Gasteiger charge is -2.18. The summed E-state index contributed by atoms with van der Waals surface area (Å²) in [6.45, 7) is 10.4. The zero-order valence-electron chi connectivity index (χ0n) is 12.8. The summed E-state index contributed by atoms with van der Waals surface area (Å²) in [4.78, 5) is 11.8. The number of nitrogens with one attached hydrogen (secondary N) is 2. The fourth-order valence-electron chi connectivity index (χ4n) is 1.69. The first-order valence-corrected chi connectivity index (χ1v) is 7.39. The molecule has 2 N–H and O–H groups in total. The van der Waals surface area contributed by atoms with Crippen LogP contribution in [0.5, 0.6) is 5.75 Å². The molecule has 0 fully saturated rings. The van der Waals surface area contributed by atoms with E-state index in [0.717, 1.165) is 5.56 Å². The third kappa shape index (κ3) is 5.78. The summed E-state index contributed by atoms with van der Waals surface area (Å²) < 4.78 is 5.75. The molecule has 0 radical (unpaired) electrons. The highest BCUT2D eigenvalue weighted by Gasteiger charge is 2.17. The van der Waals surface area contributed by atoms with Crippen LogP contribution >= 0.6 is 11.6 Å². The Morgan fingerprint density at radius 3 is 2.76 bits per heavy atom. The molecule has 116 valence electrons. The summed E-state index contributed by atoms with van der Waals surface area (Å²) in [7, 11) is 0. The molecule has 4 nitrogen and oxygen atoms in total. The first kappa shape index (κ1) is 17.5. The molecule has 0 bridgehead atoms. The SMILES string of the molecule is C=CCNC(=O)C(C)Oc1cccc(Cl)c1CNC(C)C. The molecule has 0 aliphatic rings. The largest absolute Gasteiger partial charge is 0.481 e. The van der Waals surface area contributed by atoms with E-state index in [2.05, 4.69) is 31.1 Å². The summed E-state index contributed by atoms with van der Waals surface area (Å²) >= 11 is 6.23. The van der Waals surface area contributed by atoms with Gasteiger partial charge in [0.1, 0.15) is 5.75 Å². The van der Waals surface area contributed by atoms with Crippen LogP contribution in [0.2, 0.25) is 5.02 Å².